The summed E-state index contributed by atoms with van der Waals surface area (Å²) in [6, 6.07) is 17.6. The van der Waals surface area contributed by atoms with Gasteiger partial charge in [-0.2, -0.15) is 5.06 Å². The summed E-state index contributed by atoms with van der Waals surface area (Å²) in [6.07, 6.45) is 3.58. The molecule has 2 aliphatic rings. The van der Waals surface area contributed by atoms with Crippen LogP contribution in [0.25, 0.3) is 12.2 Å². The maximum atomic E-state index is 13.9. The van der Waals surface area contributed by atoms with Crippen molar-refractivity contribution in [3.8, 4) is 0 Å². The Morgan fingerprint density at radius 3 is 2.44 bits per heavy atom. The molecule has 0 radical (unpaired) electrons. The average molecular weight is 535 g/mol. The molecule has 8 atom stereocenters. The zero-order chi connectivity index (χ0) is 28.3. The Morgan fingerprint density at radius 1 is 1.10 bits per heavy atom. The van der Waals surface area contributed by atoms with Gasteiger partial charge in [0.05, 0.1) is 19.3 Å². The molecule has 6 heteroatoms. The molecule has 0 unspecified atom stereocenters. The molecule has 1 heterocycles. The Balaban J connectivity index is 1.54. The molecule has 2 aromatic carbocycles. The molecule has 1 amide bonds. The van der Waals surface area contributed by atoms with E-state index < -0.39 is 24.2 Å². The number of amides is 1. The molecule has 3 N–H and O–H groups in total. The molecule has 0 aromatic heterocycles. The Kier molecular flexibility index (Phi) is 9.33. The first-order valence-electron chi connectivity index (χ1n) is 14.4. The number of carbonyl (C=O) groups excluding carboxylic acids is 1. The highest BCUT2D eigenvalue weighted by Crippen LogP contribution is 2.47. The van der Waals surface area contributed by atoms with Gasteiger partial charge in [0.25, 0.3) is 0 Å². The van der Waals surface area contributed by atoms with Crippen molar-refractivity contribution in [2.75, 3.05) is 6.61 Å². The summed E-state index contributed by atoms with van der Waals surface area (Å²) in [5.41, 5.74) is 3.36. The minimum Gasteiger partial charge on any atom is -0.394 e. The lowest BCUT2D eigenvalue weighted by atomic mass is 9.58. The molecule has 4 rings (SSSR count). The largest absolute Gasteiger partial charge is 0.394 e. The molecule has 0 spiro atoms. The van der Waals surface area contributed by atoms with Crippen LogP contribution in [0, 0.1) is 29.1 Å². The molecule has 39 heavy (non-hydrogen) atoms. The van der Waals surface area contributed by atoms with Crippen LogP contribution in [-0.2, 0) is 16.2 Å². The molecule has 6 nitrogen and oxygen atoms in total. The highest BCUT2D eigenvalue weighted by molar-refractivity contribution is 5.82. The lowest BCUT2D eigenvalue weighted by Crippen LogP contribution is -2.56. The van der Waals surface area contributed by atoms with Gasteiger partial charge >= 0.3 is 0 Å². The van der Waals surface area contributed by atoms with E-state index in [1.165, 1.54) is 0 Å². The topological polar surface area (TPSA) is 82.0 Å². The lowest BCUT2D eigenvalue weighted by Gasteiger charge is -2.50. The summed E-state index contributed by atoms with van der Waals surface area (Å²) in [6.45, 7) is 13.2. The Morgan fingerprint density at radius 2 is 1.77 bits per heavy atom. The fourth-order valence-corrected chi connectivity index (χ4v) is 6.44. The van der Waals surface area contributed by atoms with Crippen LogP contribution in [0.1, 0.15) is 64.7 Å². The second-order valence-electron chi connectivity index (χ2n) is 12.4. The zero-order valence-electron chi connectivity index (χ0n) is 24.2. The van der Waals surface area contributed by atoms with Crippen LogP contribution < -0.4 is 5.32 Å². The van der Waals surface area contributed by atoms with E-state index >= 15 is 0 Å². The van der Waals surface area contributed by atoms with Gasteiger partial charge in [-0.25, -0.2) is 0 Å². The van der Waals surface area contributed by atoms with Crippen molar-refractivity contribution in [1.29, 1.82) is 0 Å². The van der Waals surface area contributed by atoms with Crippen LogP contribution in [0.4, 0.5) is 0 Å². The fraction of sp³-hybridized carbons (Fsp3) is 0.545. The van der Waals surface area contributed by atoms with Gasteiger partial charge in [-0.1, -0.05) is 101 Å². The normalized spacial score (nSPS) is 31.8. The molecule has 1 aliphatic heterocycles. The van der Waals surface area contributed by atoms with Crippen molar-refractivity contribution in [2.24, 2.45) is 29.1 Å². The van der Waals surface area contributed by atoms with E-state index in [9.17, 15) is 15.0 Å². The van der Waals surface area contributed by atoms with Gasteiger partial charge < -0.3 is 15.5 Å². The van der Waals surface area contributed by atoms with Gasteiger partial charge in [0.2, 0.25) is 5.91 Å². The monoisotopic (exact) mass is 534 g/mol. The van der Waals surface area contributed by atoms with Crippen molar-refractivity contribution < 1.29 is 19.8 Å². The standard InChI is InChI=1S/C33H46N2O4/c1-21-17-28(22(2)23(3)33(21,5)6)34-32(38)31-30(24(4)37)29(20-36)39-35(31)19-27-14-10-13-26(18-27)16-15-25-11-8-7-9-12-25/h7-16,18,21-24,28-31,36-37H,17,19-20H2,1-6H3,(H,34,38)/b16-15+/t21-,22+,23+,24+,28+,29+,30-,31+/m1/s1. The van der Waals surface area contributed by atoms with Crippen molar-refractivity contribution in [2.45, 2.75) is 78.8 Å². The van der Waals surface area contributed by atoms with Crippen LogP contribution in [0.2, 0.25) is 0 Å². The third-order valence-electron chi connectivity index (χ3n) is 9.74. The number of rotatable bonds is 8. The SMILES string of the molecule is C[C@@H]1[C@@H](NC(=O)[C@@H]2[C@H]([C@H](C)O)[C@H](CO)ON2Cc2cccc(/C=C/c3ccccc3)c2)C[C@@H](C)C(C)(C)[C@H]1C. The third-order valence-corrected chi connectivity index (χ3v) is 9.74. The van der Waals surface area contributed by atoms with Crippen LogP contribution in [-0.4, -0.2) is 52.1 Å². The predicted molar refractivity (Wildman–Crippen MR) is 156 cm³/mol. The summed E-state index contributed by atoms with van der Waals surface area (Å²) in [5, 5.41) is 25.8. The number of benzene rings is 2. The number of hydroxylamine groups is 2. The van der Waals surface area contributed by atoms with Crippen LogP contribution in [0.5, 0.6) is 0 Å². The minimum atomic E-state index is -0.816. The predicted octanol–water partition coefficient (Wildman–Crippen LogP) is 5.15. The molecule has 2 fully saturated rings. The third kappa shape index (κ3) is 6.46. The summed E-state index contributed by atoms with van der Waals surface area (Å²) in [5.74, 6) is 0.554. The fourth-order valence-electron chi connectivity index (χ4n) is 6.44. The number of carbonyl (C=O) groups is 1. The summed E-state index contributed by atoms with van der Waals surface area (Å²) in [7, 11) is 0. The average Bonchev–Trinajstić information content (AvgIpc) is 3.29. The van der Waals surface area contributed by atoms with Crippen molar-refractivity contribution in [1.82, 2.24) is 10.4 Å². The number of hydrogen-bond donors (Lipinski definition) is 3. The van der Waals surface area contributed by atoms with Crippen molar-refractivity contribution in [3.63, 3.8) is 0 Å². The second kappa shape index (κ2) is 12.3. The van der Waals surface area contributed by atoms with E-state index in [1.54, 1.807) is 12.0 Å². The van der Waals surface area contributed by atoms with E-state index in [0.29, 0.717) is 24.3 Å². The first kappa shape index (κ1) is 29.5. The molecule has 1 aliphatic carbocycles. The molecule has 2 aromatic rings. The Labute approximate surface area is 234 Å². The molecular weight excluding hydrogens is 488 g/mol. The summed E-state index contributed by atoms with van der Waals surface area (Å²) < 4.78 is 0. The van der Waals surface area contributed by atoms with Gasteiger partial charge in [-0.3, -0.25) is 9.63 Å². The van der Waals surface area contributed by atoms with Gasteiger partial charge in [0, 0.05) is 12.0 Å². The number of nitrogens with zero attached hydrogens (tertiary/aromatic N) is 1. The number of aliphatic hydroxyl groups is 2. The first-order valence-corrected chi connectivity index (χ1v) is 14.4. The molecule has 1 saturated carbocycles. The van der Waals surface area contributed by atoms with Gasteiger partial charge in [0.1, 0.15) is 12.1 Å². The number of nitrogens with one attached hydrogen (secondary N) is 1. The molecule has 1 saturated heterocycles. The zero-order valence-corrected chi connectivity index (χ0v) is 24.2. The van der Waals surface area contributed by atoms with E-state index in [0.717, 1.165) is 23.1 Å². The molecule has 0 bridgehead atoms. The maximum absolute atomic E-state index is 13.9. The molecular formula is C33H46N2O4. The lowest BCUT2D eigenvalue weighted by molar-refractivity contribution is -0.182. The second-order valence-corrected chi connectivity index (χ2v) is 12.4. The number of hydrogen-bond acceptors (Lipinski definition) is 5. The van der Waals surface area contributed by atoms with Gasteiger partial charge in [-0.15, -0.1) is 0 Å². The highest BCUT2D eigenvalue weighted by atomic mass is 16.7. The first-order chi connectivity index (χ1) is 18.5. The van der Waals surface area contributed by atoms with Crippen LogP contribution >= 0.6 is 0 Å². The Hall–Kier alpha value is -2.51. The smallest absolute Gasteiger partial charge is 0.240 e. The minimum absolute atomic E-state index is 0.0478. The van der Waals surface area contributed by atoms with Gasteiger partial charge in [0.15, 0.2) is 0 Å². The van der Waals surface area contributed by atoms with Crippen molar-refractivity contribution in [3.05, 3.63) is 71.3 Å². The molecule has 212 valence electrons. The van der Waals surface area contributed by atoms with Gasteiger partial charge in [-0.05, 0) is 53.2 Å². The van der Waals surface area contributed by atoms with Crippen molar-refractivity contribution >= 4 is 18.1 Å². The quantitative estimate of drug-likeness (QED) is 0.408. The van der Waals surface area contributed by atoms with E-state index in [2.05, 4.69) is 70.3 Å². The summed E-state index contributed by atoms with van der Waals surface area (Å²) in [4.78, 5) is 20.0. The van der Waals surface area contributed by atoms with Crippen LogP contribution in [0.3, 0.4) is 0 Å². The van der Waals surface area contributed by atoms with E-state index in [4.69, 9.17) is 4.84 Å². The Bertz CT molecular complexity index is 1130. The van der Waals surface area contributed by atoms with E-state index in [-0.39, 0.29) is 24.0 Å². The maximum Gasteiger partial charge on any atom is 0.240 e. The summed E-state index contributed by atoms with van der Waals surface area (Å²) >= 11 is 0. The highest BCUT2D eigenvalue weighted by Gasteiger charge is 2.51. The van der Waals surface area contributed by atoms with Crippen LogP contribution in [0.15, 0.2) is 54.6 Å². The van der Waals surface area contributed by atoms with E-state index in [1.807, 2.05) is 36.4 Å². The number of aliphatic hydroxyl groups excluding tert-OH is 2.